The zero-order valence-electron chi connectivity index (χ0n) is 16.7. The molecule has 1 unspecified atom stereocenters. The SMILES string of the molecule is CNc1cn(PI)nc1C1=Cc2c(c(N3CC(OC)C3)nn2CC(C)C)CN1. The van der Waals surface area contributed by atoms with Crippen molar-refractivity contribution in [2.75, 3.05) is 37.5 Å². The summed E-state index contributed by atoms with van der Waals surface area (Å²) < 4.78 is 9.58. The van der Waals surface area contributed by atoms with E-state index in [1.807, 2.05) is 11.5 Å². The molecule has 10 heteroatoms. The van der Waals surface area contributed by atoms with Crippen LogP contribution in [0.5, 0.6) is 0 Å². The van der Waals surface area contributed by atoms with Crippen LogP contribution < -0.4 is 15.5 Å². The molecule has 1 saturated heterocycles. The number of methoxy groups -OCH3 is 1. The van der Waals surface area contributed by atoms with Crippen LogP contribution in [0.3, 0.4) is 0 Å². The first-order valence-corrected chi connectivity index (χ1v) is 13.6. The summed E-state index contributed by atoms with van der Waals surface area (Å²) in [6.07, 6.45) is 5.14. The Balaban J connectivity index is 1.72. The van der Waals surface area contributed by atoms with Crippen molar-refractivity contribution in [3.8, 4) is 0 Å². The number of nitrogens with zero attached hydrogens (tertiary/aromatic N) is 5. The molecule has 2 aromatic rings. The minimum Gasteiger partial charge on any atom is -0.385 e. The molecule has 0 amide bonds. The van der Waals surface area contributed by atoms with Gasteiger partial charge in [0, 0.05) is 45.9 Å². The third-order valence-corrected chi connectivity index (χ3v) is 7.04. The number of hydrogen-bond acceptors (Lipinski definition) is 6. The molecule has 28 heavy (non-hydrogen) atoms. The minimum absolute atomic E-state index is 0.310. The first kappa shape index (κ1) is 20.0. The van der Waals surface area contributed by atoms with Gasteiger partial charge in [-0.05, 0) is 34.0 Å². The van der Waals surface area contributed by atoms with Crippen molar-refractivity contribution in [1.29, 1.82) is 0 Å². The van der Waals surface area contributed by atoms with Gasteiger partial charge in [0.15, 0.2) is 5.82 Å². The van der Waals surface area contributed by atoms with Crippen molar-refractivity contribution in [1.82, 2.24) is 24.6 Å². The van der Waals surface area contributed by atoms with Crippen LogP contribution in [0.4, 0.5) is 11.5 Å². The molecule has 0 saturated carbocycles. The lowest BCUT2D eigenvalue weighted by Gasteiger charge is -2.39. The van der Waals surface area contributed by atoms with Crippen LogP contribution in [-0.2, 0) is 17.8 Å². The van der Waals surface area contributed by atoms with Crippen molar-refractivity contribution in [2.24, 2.45) is 5.92 Å². The Kier molecular flexibility index (Phi) is 5.85. The van der Waals surface area contributed by atoms with Crippen molar-refractivity contribution < 1.29 is 4.74 Å². The highest BCUT2D eigenvalue weighted by Crippen LogP contribution is 2.35. The number of anilines is 2. The Morgan fingerprint density at radius 2 is 2.18 bits per heavy atom. The molecule has 2 aromatic heterocycles. The first-order chi connectivity index (χ1) is 13.5. The number of nitrogens with one attached hydrogen (secondary N) is 2. The lowest BCUT2D eigenvalue weighted by molar-refractivity contribution is 0.0781. The van der Waals surface area contributed by atoms with Crippen LogP contribution in [0.1, 0.15) is 30.8 Å². The van der Waals surface area contributed by atoms with Gasteiger partial charge in [-0.1, -0.05) is 13.8 Å². The number of ether oxygens (including phenoxy) is 1. The van der Waals surface area contributed by atoms with E-state index in [2.05, 4.69) is 68.4 Å². The second kappa shape index (κ2) is 8.20. The average molecular weight is 515 g/mol. The fourth-order valence-corrected chi connectivity index (χ4v) is 4.71. The summed E-state index contributed by atoms with van der Waals surface area (Å²) in [5.74, 6) is 1.61. The average Bonchev–Trinajstić information content (AvgIpc) is 3.22. The third kappa shape index (κ3) is 3.64. The van der Waals surface area contributed by atoms with Crippen LogP contribution in [0, 0.1) is 5.92 Å². The Labute approximate surface area is 180 Å². The lowest BCUT2D eigenvalue weighted by Crippen LogP contribution is -2.52. The highest BCUT2D eigenvalue weighted by molar-refractivity contribution is 14.2. The maximum absolute atomic E-state index is 5.45. The second-order valence-electron chi connectivity index (χ2n) is 7.61. The molecule has 0 bridgehead atoms. The Bertz CT molecular complexity index is 885. The maximum atomic E-state index is 5.45. The molecular weight excluding hydrogens is 488 g/mol. The predicted molar refractivity (Wildman–Crippen MR) is 124 cm³/mol. The zero-order valence-corrected chi connectivity index (χ0v) is 19.8. The van der Waals surface area contributed by atoms with Crippen molar-refractivity contribution in [2.45, 2.75) is 33.0 Å². The van der Waals surface area contributed by atoms with Crippen LogP contribution in [0.25, 0.3) is 11.8 Å². The lowest BCUT2D eigenvalue weighted by atomic mass is 10.1. The normalized spacial score (nSPS) is 17.1. The molecule has 1 atom stereocenters. The predicted octanol–water partition coefficient (Wildman–Crippen LogP) is 3.01. The zero-order chi connectivity index (χ0) is 19.8. The van der Waals surface area contributed by atoms with Gasteiger partial charge in [0.1, 0.15) is 5.69 Å². The summed E-state index contributed by atoms with van der Waals surface area (Å²) in [5, 5.41) is 16.6. The van der Waals surface area contributed by atoms with E-state index in [4.69, 9.17) is 14.9 Å². The summed E-state index contributed by atoms with van der Waals surface area (Å²) in [6, 6.07) is 0. The summed E-state index contributed by atoms with van der Waals surface area (Å²) in [5.41, 5.74) is 5.49. The molecule has 2 aliphatic rings. The Morgan fingerprint density at radius 3 is 2.82 bits per heavy atom. The molecule has 0 aliphatic carbocycles. The van der Waals surface area contributed by atoms with Gasteiger partial charge >= 0.3 is 0 Å². The van der Waals surface area contributed by atoms with Crippen LogP contribution in [0.15, 0.2) is 6.20 Å². The van der Waals surface area contributed by atoms with E-state index >= 15 is 0 Å². The summed E-state index contributed by atoms with van der Waals surface area (Å²) in [4.78, 5) is 2.31. The molecule has 2 aliphatic heterocycles. The number of aromatic nitrogens is 4. The minimum atomic E-state index is 0.310. The summed E-state index contributed by atoms with van der Waals surface area (Å²) in [7, 11) is 3.72. The van der Waals surface area contributed by atoms with E-state index in [0.29, 0.717) is 18.4 Å². The van der Waals surface area contributed by atoms with Crippen molar-refractivity contribution in [3.05, 3.63) is 23.1 Å². The van der Waals surface area contributed by atoms with E-state index in [1.54, 1.807) is 7.11 Å². The standard InChI is InChI=1S/C18H27IN7OP/c1-11(2)7-25-16-5-14(17-15(20-3)10-26(22-17)28-19)21-6-13(16)18(23-25)24-8-12(9-24)27-4/h5,10-12,20-21,28H,6-9H2,1-4H3. The molecule has 2 N–H and O–H groups in total. The van der Waals surface area contributed by atoms with E-state index in [-0.39, 0.29) is 0 Å². The molecule has 4 rings (SSSR count). The first-order valence-electron chi connectivity index (χ1n) is 9.51. The molecule has 0 aromatic carbocycles. The molecule has 152 valence electrons. The van der Waals surface area contributed by atoms with Crippen LogP contribution >= 0.6 is 28.4 Å². The molecule has 4 heterocycles. The molecule has 0 spiro atoms. The molecule has 1 fully saturated rings. The summed E-state index contributed by atoms with van der Waals surface area (Å²) >= 11 is 2.35. The van der Waals surface area contributed by atoms with E-state index in [0.717, 1.165) is 49.1 Å². The topological polar surface area (TPSA) is 72.2 Å². The molecular formula is C18H27IN7OP. The number of halogens is 1. The second-order valence-corrected chi connectivity index (χ2v) is 9.68. The maximum Gasteiger partial charge on any atom is 0.156 e. The number of fused-ring (bicyclic) bond motifs is 1. The highest BCUT2D eigenvalue weighted by Gasteiger charge is 2.33. The highest BCUT2D eigenvalue weighted by atomic mass is 127. The smallest absolute Gasteiger partial charge is 0.156 e. The van der Waals surface area contributed by atoms with Crippen LogP contribution in [-0.4, -0.2) is 52.7 Å². The van der Waals surface area contributed by atoms with Gasteiger partial charge < -0.3 is 20.3 Å². The van der Waals surface area contributed by atoms with E-state index < -0.39 is 0 Å². The van der Waals surface area contributed by atoms with Gasteiger partial charge in [-0.2, -0.15) is 10.2 Å². The Hall–Kier alpha value is -1.32. The van der Waals surface area contributed by atoms with Gasteiger partial charge in [-0.25, -0.2) is 4.45 Å². The van der Waals surface area contributed by atoms with Gasteiger partial charge in [0.25, 0.3) is 0 Å². The largest absolute Gasteiger partial charge is 0.385 e. The van der Waals surface area contributed by atoms with E-state index in [1.165, 1.54) is 11.3 Å². The summed E-state index contributed by atoms with van der Waals surface area (Å²) in [6.45, 7) is 7.92. The Morgan fingerprint density at radius 1 is 1.39 bits per heavy atom. The van der Waals surface area contributed by atoms with Gasteiger partial charge in [-0.3, -0.25) is 4.68 Å². The van der Waals surface area contributed by atoms with Gasteiger partial charge in [0.2, 0.25) is 0 Å². The van der Waals surface area contributed by atoms with Crippen molar-refractivity contribution in [3.63, 3.8) is 0 Å². The van der Waals surface area contributed by atoms with Gasteiger partial charge in [-0.15, -0.1) is 0 Å². The van der Waals surface area contributed by atoms with Crippen LogP contribution in [0.2, 0.25) is 0 Å². The fraction of sp³-hybridized carbons (Fsp3) is 0.556. The number of rotatable bonds is 7. The van der Waals surface area contributed by atoms with E-state index in [9.17, 15) is 0 Å². The number of hydrogen-bond donors (Lipinski definition) is 2. The molecule has 8 nitrogen and oxygen atoms in total. The van der Waals surface area contributed by atoms with Crippen molar-refractivity contribution >= 4 is 51.7 Å². The fourth-order valence-electron chi connectivity index (χ4n) is 3.65. The molecule has 0 radical (unpaired) electrons. The van der Waals surface area contributed by atoms with Gasteiger partial charge in [0.05, 0.1) is 35.8 Å². The monoisotopic (exact) mass is 515 g/mol. The quantitative estimate of drug-likeness (QED) is 0.437. The third-order valence-electron chi connectivity index (χ3n) is 5.15.